The molecule has 0 bridgehead atoms. The van der Waals surface area contributed by atoms with Crippen LogP contribution in [0, 0.1) is 11.7 Å². The summed E-state index contributed by atoms with van der Waals surface area (Å²) in [4.78, 5) is 27.1. The molecule has 0 unspecified atom stereocenters. The lowest BCUT2D eigenvalue weighted by Gasteiger charge is -2.29. The van der Waals surface area contributed by atoms with Gasteiger partial charge in [0, 0.05) is 5.69 Å². The van der Waals surface area contributed by atoms with Crippen LogP contribution in [0.15, 0.2) is 48.5 Å². The molecule has 1 aliphatic heterocycles. The van der Waals surface area contributed by atoms with E-state index in [1.165, 1.54) is 24.3 Å². The van der Waals surface area contributed by atoms with Crippen LogP contribution >= 0.6 is 0 Å². The van der Waals surface area contributed by atoms with Crippen LogP contribution in [0.4, 0.5) is 15.8 Å². The number of nitrogens with one attached hydrogen (secondary N) is 2. The van der Waals surface area contributed by atoms with E-state index in [-0.39, 0.29) is 17.6 Å². The summed E-state index contributed by atoms with van der Waals surface area (Å²) in [6.07, 6.45) is 2.20. The van der Waals surface area contributed by atoms with Crippen molar-refractivity contribution < 1.29 is 14.0 Å². The van der Waals surface area contributed by atoms with Crippen LogP contribution in [-0.4, -0.2) is 36.3 Å². The Morgan fingerprint density at radius 2 is 1.70 bits per heavy atom. The van der Waals surface area contributed by atoms with Crippen LogP contribution in [0.1, 0.15) is 30.1 Å². The maximum atomic E-state index is 13.0. The lowest BCUT2D eigenvalue weighted by molar-refractivity contribution is -0.117. The maximum absolute atomic E-state index is 13.0. The summed E-state index contributed by atoms with van der Waals surface area (Å²) in [5.41, 5.74) is 1.32. The number of para-hydroxylation sites is 1. The number of rotatable bonds is 5. The van der Waals surface area contributed by atoms with Gasteiger partial charge in [0.1, 0.15) is 5.82 Å². The average molecular weight is 369 g/mol. The number of anilines is 2. The first-order valence-electron chi connectivity index (χ1n) is 9.19. The Kier molecular flexibility index (Phi) is 6.19. The van der Waals surface area contributed by atoms with Crippen molar-refractivity contribution in [1.82, 2.24) is 4.90 Å². The van der Waals surface area contributed by atoms with Gasteiger partial charge in [-0.1, -0.05) is 19.1 Å². The molecule has 0 saturated carbocycles. The summed E-state index contributed by atoms with van der Waals surface area (Å²) in [5, 5.41) is 5.56. The number of hydrogen-bond donors (Lipinski definition) is 2. The Morgan fingerprint density at radius 3 is 2.41 bits per heavy atom. The Bertz CT molecular complexity index is 799. The molecule has 0 aliphatic carbocycles. The predicted octanol–water partition coefficient (Wildman–Crippen LogP) is 3.75. The van der Waals surface area contributed by atoms with Crippen LogP contribution in [0.2, 0.25) is 0 Å². The van der Waals surface area contributed by atoms with Gasteiger partial charge >= 0.3 is 0 Å². The fourth-order valence-electron chi connectivity index (χ4n) is 3.13. The van der Waals surface area contributed by atoms with Gasteiger partial charge in [-0.05, 0) is 68.2 Å². The summed E-state index contributed by atoms with van der Waals surface area (Å²) in [6, 6.07) is 12.4. The molecule has 1 aliphatic rings. The lowest BCUT2D eigenvalue weighted by atomic mass is 9.99. The zero-order valence-corrected chi connectivity index (χ0v) is 15.4. The van der Waals surface area contributed by atoms with Crippen LogP contribution in [-0.2, 0) is 4.79 Å². The van der Waals surface area contributed by atoms with Crippen LogP contribution in [0.3, 0.4) is 0 Å². The lowest BCUT2D eigenvalue weighted by Crippen LogP contribution is -2.38. The highest BCUT2D eigenvalue weighted by Crippen LogP contribution is 2.19. The Morgan fingerprint density at radius 1 is 1.04 bits per heavy atom. The Labute approximate surface area is 158 Å². The van der Waals surface area contributed by atoms with Gasteiger partial charge in [0.2, 0.25) is 5.91 Å². The highest BCUT2D eigenvalue weighted by atomic mass is 19.1. The summed E-state index contributed by atoms with van der Waals surface area (Å²) < 4.78 is 13.0. The second-order valence-corrected chi connectivity index (χ2v) is 7.01. The first kappa shape index (κ1) is 19.0. The molecule has 2 N–H and O–H groups in total. The minimum atomic E-state index is -0.368. The Hall–Kier alpha value is -2.73. The smallest absolute Gasteiger partial charge is 0.257 e. The number of carbonyl (C=O) groups is 2. The number of benzene rings is 2. The fourth-order valence-corrected chi connectivity index (χ4v) is 3.13. The van der Waals surface area contributed by atoms with Crippen molar-refractivity contribution in [2.24, 2.45) is 5.92 Å². The number of carbonyl (C=O) groups excluding carboxylic acids is 2. The van der Waals surface area contributed by atoms with E-state index in [9.17, 15) is 14.0 Å². The highest BCUT2D eigenvalue weighted by Gasteiger charge is 2.19. The molecule has 6 heteroatoms. The number of amides is 2. The van der Waals surface area contributed by atoms with Crippen LogP contribution < -0.4 is 10.6 Å². The zero-order valence-electron chi connectivity index (χ0n) is 15.4. The van der Waals surface area contributed by atoms with Crippen molar-refractivity contribution in [2.75, 3.05) is 30.3 Å². The van der Waals surface area contributed by atoms with Crippen molar-refractivity contribution in [3.05, 3.63) is 59.9 Å². The molecule has 2 amide bonds. The maximum Gasteiger partial charge on any atom is 0.257 e. The van der Waals surface area contributed by atoms with E-state index < -0.39 is 0 Å². The molecule has 2 aromatic rings. The summed E-state index contributed by atoms with van der Waals surface area (Å²) in [5.74, 6) is -0.149. The number of likely N-dealkylation sites (tertiary alicyclic amines) is 1. The number of piperidine rings is 1. The second-order valence-electron chi connectivity index (χ2n) is 7.01. The molecular weight excluding hydrogens is 345 g/mol. The normalized spacial score (nSPS) is 15.3. The van der Waals surface area contributed by atoms with Gasteiger partial charge in [0.15, 0.2) is 0 Å². The summed E-state index contributed by atoms with van der Waals surface area (Å²) >= 11 is 0. The molecule has 3 rings (SSSR count). The predicted molar refractivity (Wildman–Crippen MR) is 104 cm³/mol. The average Bonchev–Trinajstić information content (AvgIpc) is 2.66. The van der Waals surface area contributed by atoms with E-state index in [4.69, 9.17) is 0 Å². The minimum Gasteiger partial charge on any atom is -0.324 e. The largest absolute Gasteiger partial charge is 0.324 e. The third-order valence-electron chi connectivity index (χ3n) is 4.79. The quantitative estimate of drug-likeness (QED) is 0.844. The van der Waals surface area contributed by atoms with E-state index in [1.807, 2.05) is 0 Å². The topological polar surface area (TPSA) is 61.4 Å². The standard InChI is InChI=1S/C21H24FN3O2/c1-15-10-12-25(13-11-15)14-20(26)24-19-5-3-2-4-18(19)21(27)23-17-8-6-16(22)7-9-17/h2-9,15H,10-14H2,1H3,(H,23,27)(H,24,26). The summed E-state index contributed by atoms with van der Waals surface area (Å²) in [7, 11) is 0. The molecule has 0 atom stereocenters. The molecule has 1 heterocycles. The zero-order chi connectivity index (χ0) is 19.2. The van der Waals surface area contributed by atoms with Crippen molar-refractivity contribution in [1.29, 1.82) is 0 Å². The van der Waals surface area contributed by atoms with Gasteiger partial charge < -0.3 is 10.6 Å². The van der Waals surface area contributed by atoms with Crippen molar-refractivity contribution in [3.63, 3.8) is 0 Å². The second kappa shape index (κ2) is 8.77. The van der Waals surface area contributed by atoms with Crippen molar-refractivity contribution in [3.8, 4) is 0 Å². The van der Waals surface area contributed by atoms with Gasteiger partial charge in [-0.3, -0.25) is 14.5 Å². The number of nitrogens with zero attached hydrogens (tertiary/aromatic N) is 1. The number of hydrogen-bond acceptors (Lipinski definition) is 3. The SMILES string of the molecule is CC1CCN(CC(=O)Nc2ccccc2C(=O)Nc2ccc(F)cc2)CC1. The van der Waals surface area contributed by atoms with Gasteiger partial charge in [0.25, 0.3) is 5.91 Å². The van der Waals surface area contributed by atoms with Crippen LogP contribution in [0.25, 0.3) is 0 Å². The molecule has 1 saturated heterocycles. The number of halogens is 1. The van der Waals surface area contributed by atoms with E-state index >= 15 is 0 Å². The first-order valence-corrected chi connectivity index (χ1v) is 9.19. The molecule has 27 heavy (non-hydrogen) atoms. The Balaban J connectivity index is 1.63. The molecule has 2 aromatic carbocycles. The minimum absolute atomic E-state index is 0.133. The molecule has 0 aromatic heterocycles. The summed E-state index contributed by atoms with van der Waals surface area (Å²) in [6.45, 7) is 4.39. The van der Waals surface area contributed by atoms with Gasteiger partial charge in [0.05, 0.1) is 17.8 Å². The van der Waals surface area contributed by atoms with E-state index in [0.717, 1.165) is 25.9 Å². The highest BCUT2D eigenvalue weighted by molar-refractivity contribution is 6.10. The van der Waals surface area contributed by atoms with Crippen LogP contribution in [0.5, 0.6) is 0 Å². The molecule has 5 nitrogen and oxygen atoms in total. The molecular formula is C21H24FN3O2. The van der Waals surface area contributed by atoms with E-state index in [2.05, 4.69) is 22.5 Å². The third kappa shape index (κ3) is 5.37. The van der Waals surface area contributed by atoms with E-state index in [1.54, 1.807) is 24.3 Å². The fraction of sp³-hybridized carbons (Fsp3) is 0.333. The van der Waals surface area contributed by atoms with Crippen molar-refractivity contribution >= 4 is 23.2 Å². The van der Waals surface area contributed by atoms with Gasteiger partial charge in [-0.2, -0.15) is 0 Å². The molecule has 0 radical (unpaired) electrons. The van der Waals surface area contributed by atoms with Crippen molar-refractivity contribution in [2.45, 2.75) is 19.8 Å². The molecule has 0 spiro atoms. The van der Waals surface area contributed by atoms with Gasteiger partial charge in [-0.25, -0.2) is 4.39 Å². The van der Waals surface area contributed by atoms with E-state index in [0.29, 0.717) is 29.4 Å². The molecule has 142 valence electrons. The molecule has 1 fully saturated rings. The monoisotopic (exact) mass is 369 g/mol. The third-order valence-corrected chi connectivity index (χ3v) is 4.79. The first-order chi connectivity index (χ1) is 13.0. The van der Waals surface area contributed by atoms with Gasteiger partial charge in [-0.15, -0.1) is 0 Å².